The van der Waals surface area contributed by atoms with Crippen LogP contribution in [0.15, 0.2) is 59.5 Å². The fourth-order valence-corrected chi connectivity index (χ4v) is 6.59. The highest BCUT2D eigenvalue weighted by atomic mass is 32.2. The Kier molecular flexibility index (Phi) is 12.6. The van der Waals surface area contributed by atoms with Crippen LogP contribution in [0.5, 0.6) is 5.75 Å². The maximum Gasteiger partial charge on any atom is 0.573 e. The van der Waals surface area contributed by atoms with Crippen molar-refractivity contribution in [2.24, 2.45) is 11.8 Å². The molecule has 12 heteroatoms. The minimum Gasteiger partial charge on any atom is -0.406 e. The highest BCUT2D eigenvalue weighted by Gasteiger charge is 2.31. The number of benzene rings is 2. The molecule has 8 nitrogen and oxygen atoms in total. The van der Waals surface area contributed by atoms with Crippen LogP contribution in [0.1, 0.15) is 37.7 Å². The summed E-state index contributed by atoms with van der Waals surface area (Å²) in [6.45, 7) is 0.360. The fraction of sp³-hybridized carbons (Fsp3) is 0.567. The van der Waals surface area contributed by atoms with Crippen LogP contribution >= 0.6 is 0 Å². The number of nitrogens with zero attached hydrogens (tertiary/aromatic N) is 2. The van der Waals surface area contributed by atoms with Crippen molar-refractivity contribution in [3.05, 3.63) is 60.2 Å². The molecule has 2 aromatic carbocycles. The largest absolute Gasteiger partial charge is 0.573 e. The van der Waals surface area contributed by atoms with Gasteiger partial charge in [-0.3, -0.25) is 4.79 Å². The second-order valence-electron chi connectivity index (χ2n) is 11.0. The number of carbonyl (C=O) groups excluding carboxylic acids is 1. The van der Waals surface area contributed by atoms with E-state index in [0.29, 0.717) is 24.4 Å². The number of sulfonamides is 1. The van der Waals surface area contributed by atoms with Gasteiger partial charge in [-0.2, -0.15) is 4.31 Å². The lowest BCUT2D eigenvalue weighted by molar-refractivity contribution is -0.274. The second-order valence-corrected chi connectivity index (χ2v) is 13.1. The highest BCUT2D eigenvalue weighted by Crippen LogP contribution is 2.33. The molecule has 0 saturated heterocycles. The lowest BCUT2D eigenvalue weighted by Gasteiger charge is -2.37. The molecule has 0 aliphatic heterocycles. The van der Waals surface area contributed by atoms with E-state index < -0.39 is 22.1 Å². The fourth-order valence-electron chi connectivity index (χ4n) is 5.43. The van der Waals surface area contributed by atoms with Gasteiger partial charge >= 0.3 is 6.36 Å². The molecule has 0 radical (unpaired) electrons. The maximum absolute atomic E-state index is 12.7. The molecule has 0 bridgehead atoms. The standard InChI is InChI=1S/C30H42F3N3O5S/c1-35(2)28(18-11-23-7-5-4-6-8-23)25-12-9-24(10-13-25)21-34-29(37)22-40-20-19-36(3)42(38,39)27-16-14-26(15-17-27)41-30(31,32)33/h4-8,14-17,24-25,28H,9-13,18-22H2,1-3H3,(H,34,37). The minimum absolute atomic E-state index is 0.0154. The van der Waals surface area contributed by atoms with Crippen molar-refractivity contribution >= 4 is 15.9 Å². The number of alkyl halides is 3. The van der Waals surface area contributed by atoms with Gasteiger partial charge in [0.05, 0.1) is 11.5 Å². The summed E-state index contributed by atoms with van der Waals surface area (Å²) in [5.74, 6) is 0.296. The summed E-state index contributed by atoms with van der Waals surface area (Å²) in [7, 11) is 1.70. The summed E-state index contributed by atoms with van der Waals surface area (Å²) >= 11 is 0. The molecule has 1 unspecified atom stereocenters. The first-order chi connectivity index (χ1) is 19.8. The summed E-state index contributed by atoms with van der Waals surface area (Å²) < 4.78 is 72.4. The minimum atomic E-state index is -4.86. The third-order valence-electron chi connectivity index (χ3n) is 7.81. The molecule has 1 fully saturated rings. The van der Waals surface area contributed by atoms with Crippen molar-refractivity contribution in [1.29, 1.82) is 0 Å². The molecule has 2 aromatic rings. The van der Waals surface area contributed by atoms with E-state index in [1.54, 1.807) is 0 Å². The van der Waals surface area contributed by atoms with Gasteiger partial charge in [-0.05, 0) is 94.3 Å². The Labute approximate surface area is 247 Å². The van der Waals surface area contributed by atoms with Gasteiger partial charge < -0.3 is 19.7 Å². The average Bonchev–Trinajstić information content (AvgIpc) is 2.94. The molecule has 1 N–H and O–H groups in total. The van der Waals surface area contributed by atoms with E-state index in [2.05, 4.69) is 53.3 Å². The van der Waals surface area contributed by atoms with Crippen molar-refractivity contribution in [3.8, 4) is 5.75 Å². The van der Waals surface area contributed by atoms with Gasteiger partial charge in [0.15, 0.2) is 0 Å². The number of aryl methyl sites for hydroxylation is 1. The topological polar surface area (TPSA) is 88.2 Å². The normalized spacial score (nSPS) is 18.7. The molecular formula is C30H42F3N3O5S. The number of amides is 1. The third kappa shape index (κ3) is 10.9. The van der Waals surface area contributed by atoms with E-state index >= 15 is 0 Å². The summed E-state index contributed by atoms with van der Waals surface area (Å²) in [6.07, 6.45) is 1.72. The summed E-state index contributed by atoms with van der Waals surface area (Å²) in [6, 6.07) is 15.1. The lowest BCUT2D eigenvalue weighted by Crippen LogP contribution is -2.39. The zero-order valence-electron chi connectivity index (χ0n) is 24.5. The van der Waals surface area contributed by atoms with E-state index in [0.717, 1.165) is 67.1 Å². The number of nitrogens with one attached hydrogen (secondary N) is 1. The molecule has 0 heterocycles. The number of hydrogen-bond donors (Lipinski definition) is 1. The number of rotatable bonds is 15. The van der Waals surface area contributed by atoms with E-state index in [4.69, 9.17) is 4.74 Å². The first kappa shape index (κ1) is 33.8. The van der Waals surface area contributed by atoms with Gasteiger partial charge in [-0.15, -0.1) is 13.2 Å². The van der Waals surface area contributed by atoms with Crippen molar-refractivity contribution in [3.63, 3.8) is 0 Å². The predicted molar refractivity (Wildman–Crippen MR) is 154 cm³/mol. The highest BCUT2D eigenvalue weighted by molar-refractivity contribution is 7.89. The van der Waals surface area contributed by atoms with Crippen LogP contribution < -0.4 is 10.1 Å². The van der Waals surface area contributed by atoms with Crippen LogP contribution in [0.4, 0.5) is 13.2 Å². The molecule has 234 valence electrons. The Balaban J connectivity index is 1.32. The van der Waals surface area contributed by atoms with Crippen LogP contribution in [0.3, 0.4) is 0 Å². The predicted octanol–water partition coefficient (Wildman–Crippen LogP) is 4.71. The average molecular weight is 614 g/mol. The van der Waals surface area contributed by atoms with E-state index in [1.165, 1.54) is 12.6 Å². The quantitative estimate of drug-likeness (QED) is 0.293. The van der Waals surface area contributed by atoms with Gasteiger partial charge in [0.25, 0.3) is 0 Å². The summed E-state index contributed by atoms with van der Waals surface area (Å²) in [4.78, 5) is 14.5. The Bertz CT molecular complexity index is 1200. The first-order valence-electron chi connectivity index (χ1n) is 14.2. The Hall–Kier alpha value is -2.67. The van der Waals surface area contributed by atoms with Crippen LogP contribution in [0.2, 0.25) is 0 Å². The summed E-state index contributed by atoms with van der Waals surface area (Å²) in [5, 5.41) is 2.93. The molecule has 42 heavy (non-hydrogen) atoms. The smallest absolute Gasteiger partial charge is 0.406 e. The van der Waals surface area contributed by atoms with Gasteiger partial charge in [0.2, 0.25) is 15.9 Å². The van der Waals surface area contributed by atoms with Crippen molar-refractivity contribution in [2.45, 2.75) is 55.8 Å². The second kappa shape index (κ2) is 15.7. The van der Waals surface area contributed by atoms with E-state index in [9.17, 15) is 26.4 Å². The molecule has 1 amide bonds. The van der Waals surface area contributed by atoms with Crippen LogP contribution in [0.25, 0.3) is 0 Å². The van der Waals surface area contributed by atoms with Gasteiger partial charge in [0.1, 0.15) is 12.4 Å². The zero-order valence-corrected chi connectivity index (χ0v) is 25.3. The molecule has 1 aliphatic rings. The number of likely N-dealkylation sites (N-methyl/N-ethyl adjacent to an activating group) is 1. The number of halogens is 3. The van der Waals surface area contributed by atoms with Crippen molar-refractivity contribution in [1.82, 2.24) is 14.5 Å². The van der Waals surface area contributed by atoms with Crippen LogP contribution in [-0.4, -0.2) is 83.4 Å². The van der Waals surface area contributed by atoms with Crippen LogP contribution in [-0.2, 0) is 26.0 Å². The Morgan fingerprint density at radius 3 is 2.24 bits per heavy atom. The molecule has 0 aromatic heterocycles. The zero-order chi connectivity index (χ0) is 30.8. The Morgan fingerprint density at radius 2 is 1.64 bits per heavy atom. The Morgan fingerprint density at radius 1 is 1.00 bits per heavy atom. The molecule has 1 saturated carbocycles. The summed E-state index contributed by atoms with van der Waals surface area (Å²) in [5.41, 5.74) is 1.37. The molecular weight excluding hydrogens is 571 g/mol. The lowest BCUT2D eigenvalue weighted by atomic mass is 9.76. The van der Waals surface area contributed by atoms with E-state index in [-0.39, 0.29) is 30.6 Å². The number of carbonyl (C=O) groups is 1. The molecule has 3 rings (SSSR count). The van der Waals surface area contributed by atoms with E-state index in [1.807, 2.05) is 6.07 Å². The third-order valence-corrected chi connectivity index (χ3v) is 9.68. The van der Waals surface area contributed by atoms with Crippen LogP contribution in [0, 0.1) is 11.8 Å². The monoisotopic (exact) mass is 613 g/mol. The number of ether oxygens (including phenoxy) is 2. The molecule has 1 atom stereocenters. The first-order valence-corrected chi connectivity index (χ1v) is 15.7. The van der Waals surface area contributed by atoms with Gasteiger partial charge in [-0.25, -0.2) is 8.42 Å². The maximum atomic E-state index is 12.7. The SMILES string of the molecule is CN(C)C(CCc1ccccc1)C1CCC(CNC(=O)COCCN(C)S(=O)(=O)c2ccc(OC(F)(F)F)cc2)CC1. The van der Waals surface area contributed by atoms with Gasteiger partial charge in [-0.1, -0.05) is 30.3 Å². The van der Waals surface area contributed by atoms with Gasteiger partial charge in [0, 0.05) is 26.2 Å². The number of hydrogen-bond acceptors (Lipinski definition) is 6. The van der Waals surface area contributed by atoms with Crippen molar-refractivity contribution < 1.29 is 35.9 Å². The van der Waals surface area contributed by atoms with Crippen molar-refractivity contribution in [2.75, 3.05) is 47.4 Å². The molecule has 1 aliphatic carbocycles. The molecule has 0 spiro atoms.